The monoisotopic (exact) mass is 293 g/mol. The summed E-state index contributed by atoms with van der Waals surface area (Å²) in [4.78, 5) is 0.318. The summed E-state index contributed by atoms with van der Waals surface area (Å²) < 4.78 is 26.5. The molecule has 1 aliphatic rings. The van der Waals surface area contributed by atoms with Crippen LogP contribution in [-0.2, 0) is 10.0 Å². The van der Waals surface area contributed by atoms with E-state index in [-0.39, 0.29) is 12.6 Å². The summed E-state index contributed by atoms with van der Waals surface area (Å²) in [5.41, 5.74) is 0.756. The molecule has 1 aliphatic carbocycles. The van der Waals surface area contributed by atoms with Gasteiger partial charge in [-0.1, -0.05) is 18.8 Å². The summed E-state index contributed by atoms with van der Waals surface area (Å²) in [6, 6.07) is 6.79. The fourth-order valence-corrected chi connectivity index (χ4v) is 3.75. The number of nitrogens with zero attached hydrogens (tertiary/aromatic N) is 1. The standard InChI is InChI=1S/C15H19NO3S/c1-2-16(14-8-9-14)20(18,19)15-10-6-13(7-11-15)5-3-4-12-17/h6-7,10-11,14,17H,2,4,8-9,12H2,1H3. The summed E-state index contributed by atoms with van der Waals surface area (Å²) in [5, 5.41) is 8.65. The van der Waals surface area contributed by atoms with Crippen molar-refractivity contribution < 1.29 is 13.5 Å². The fourth-order valence-electron chi connectivity index (χ4n) is 2.05. The maximum Gasteiger partial charge on any atom is 0.243 e. The predicted octanol–water partition coefficient (Wildman–Crippen LogP) is 1.59. The quantitative estimate of drug-likeness (QED) is 0.839. The third-order valence-electron chi connectivity index (χ3n) is 3.20. The summed E-state index contributed by atoms with van der Waals surface area (Å²) in [6.45, 7) is 2.40. The summed E-state index contributed by atoms with van der Waals surface area (Å²) >= 11 is 0. The van der Waals surface area contributed by atoms with Gasteiger partial charge in [0.25, 0.3) is 0 Å². The van der Waals surface area contributed by atoms with Crippen molar-refractivity contribution in [2.45, 2.75) is 37.1 Å². The van der Waals surface area contributed by atoms with Gasteiger partial charge < -0.3 is 5.11 Å². The van der Waals surface area contributed by atoms with E-state index in [0.717, 1.165) is 18.4 Å². The van der Waals surface area contributed by atoms with E-state index in [1.54, 1.807) is 28.6 Å². The number of hydrogen-bond donors (Lipinski definition) is 1. The topological polar surface area (TPSA) is 57.6 Å². The molecule has 0 spiro atoms. The van der Waals surface area contributed by atoms with Gasteiger partial charge in [-0.15, -0.1) is 0 Å². The third kappa shape index (κ3) is 3.40. The molecule has 0 bridgehead atoms. The zero-order valence-electron chi connectivity index (χ0n) is 11.5. The first kappa shape index (κ1) is 15.0. The molecule has 1 saturated carbocycles. The van der Waals surface area contributed by atoms with Crippen molar-refractivity contribution in [2.24, 2.45) is 0 Å². The molecule has 1 aromatic carbocycles. The van der Waals surface area contributed by atoms with Gasteiger partial charge in [0.1, 0.15) is 0 Å². The summed E-state index contributed by atoms with van der Waals surface area (Å²) in [5.74, 6) is 5.70. The lowest BCUT2D eigenvalue weighted by Gasteiger charge is -2.19. The maximum absolute atomic E-state index is 12.5. The van der Waals surface area contributed by atoms with E-state index < -0.39 is 10.0 Å². The second-order valence-corrected chi connectivity index (χ2v) is 6.63. The van der Waals surface area contributed by atoms with Crippen molar-refractivity contribution in [3.8, 4) is 11.8 Å². The molecule has 0 aliphatic heterocycles. The van der Waals surface area contributed by atoms with Crippen LogP contribution in [0.25, 0.3) is 0 Å². The van der Waals surface area contributed by atoms with Crippen molar-refractivity contribution >= 4 is 10.0 Å². The Labute approximate surface area is 120 Å². The maximum atomic E-state index is 12.5. The minimum Gasteiger partial charge on any atom is -0.395 e. The average Bonchev–Trinajstić information content (AvgIpc) is 3.25. The Balaban J connectivity index is 2.19. The van der Waals surface area contributed by atoms with Crippen molar-refractivity contribution in [1.82, 2.24) is 4.31 Å². The van der Waals surface area contributed by atoms with E-state index in [9.17, 15) is 8.42 Å². The average molecular weight is 293 g/mol. The minimum atomic E-state index is -3.38. The van der Waals surface area contributed by atoms with E-state index in [4.69, 9.17) is 5.11 Å². The molecule has 108 valence electrons. The SMILES string of the molecule is CCN(C1CC1)S(=O)(=O)c1ccc(C#CCCO)cc1. The van der Waals surface area contributed by atoms with E-state index in [1.807, 2.05) is 6.92 Å². The highest BCUT2D eigenvalue weighted by Gasteiger charge is 2.36. The Morgan fingerprint density at radius 3 is 2.45 bits per heavy atom. The van der Waals surface area contributed by atoms with Crippen molar-refractivity contribution in [2.75, 3.05) is 13.2 Å². The van der Waals surface area contributed by atoms with Crippen LogP contribution in [-0.4, -0.2) is 37.0 Å². The number of hydrogen-bond acceptors (Lipinski definition) is 3. The zero-order chi connectivity index (χ0) is 14.6. The highest BCUT2D eigenvalue weighted by atomic mass is 32.2. The molecule has 4 nitrogen and oxygen atoms in total. The Morgan fingerprint density at radius 2 is 1.95 bits per heavy atom. The molecule has 0 radical (unpaired) electrons. The highest BCUT2D eigenvalue weighted by Crippen LogP contribution is 2.31. The number of aliphatic hydroxyl groups excluding tert-OH is 1. The van der Waals surface area contributed by atoms with Gasteiger partial charge in [-0.25, -0.2) is 8.42 Å². The Morgan fingerprint density at radius 1 is 1.30 bits per heavy atom. The lowest BCUT2D eigenvalue weighted by molar-refractivity contribution is 0.305. The molecule has 5 heteroatoms. The number of sulfonamides is 1. The first-order chi connectivity index (χ1) is 9.59. The lowest BCUT2D eigenvalue weighted by atomic mass is 10.2. The molecule has 0 amide bonds. The molecule has 0 saturated heterocycles. The summed E-state index contributed by atoms with van der Waals surface area (Å²) in [6.07, 6.45) is 2.33. The molecule has 0 aromatic heterocycles. The molecular weight excluding hydrogens is 274 g/mol. The number of aliphatic hydroxyl groups is 1. The van der Waals surface area contributed by atoms with Crippen LogP contribution in [0.5, 0.6) is 0 Å². The van der Waals surface area contributed by atoms with Gasteiger partial charge in [0, 0.05) is 24.6 Å². The highest BCUT2D eigenvalue weighted by molar-refractivity contribution is 7.89. The second-order valence-electron chi connectivity index (χ2n) is 4.74. The second kappa shape index (κ2) is 6.40. The Kier molecular flexibility index (Phi) is 4.81. The molecule has 1 aromatic rings. The van der Waals surface area contributed by atoms with Gasteiger partial charge in [-0.05, 0) is 37.1 Å². The van der Waals surface area contributed by atoms with Crippen LogP contribution in [0.15, 0.2) is 29.2 Å². The van der Waals surface area contributed by atoms with Crippen LogP contribution in [0.3, 0.4) is 0 Å². The molecule has 1 N–H and O–H groups in total. The zero-order valence-corrected chi connectivity index (χ0v) is 12.4. The largest absolute Gasteiger partial charge is 0.395 e. The van der Waals surface area contributed by atoms with E-state index >= 15 is 0 Å². The molecular formula is C15H19NO3S. The van der Waals surface area contributed by atoms with Gasteiger partial charge >= 0.3 is 0 Å². The first-order valence-corrected chi connectivity index (χ1v) is 8.25. The normalized spacial score (nSPS) is 14.9. The fraction of sp³-hybridized carbons (Fsp3) is 0.467. The van der Waals surface area contributed by atoms with E-state index in [2.05, 4.69) is 11.8 Å². The minimum absolute atomic E-state index is 0.0340. The van der Waals surface area contributed by atoms with Gasteiger partial charge in [0.15, 0.2) is 0 Å². The molecule has 0 atom stereocenters. The molecule has 1 fully saturated rings. The van der Waals surface area contributed by atoms with Gasteiger partial charge in [0.05, 0.1) is 11.5 Å². The third-order valence-corrected chi connectivity index (χ3v) is 5.24. The van der Waals surface area contributed by atoms with E-state index in [1.165, 1.54) is 0 Å². The van der Waals surface area contributed by atoms with Gasteiger partial charge in [-0.2, -0.15) is 4.31 Å². The van der Waals surface area contributed by atoms with Crippen LogP contribution in [0.2, 0.25) is 0 Å². The van der Waals surface area contributed by atoms with Crippen molar-refractivity contribution in [3.05, 3.63) is 29.8 Å². The summed E-state index contributed by atoms with van der Waals surface area (Å²) in [7, 11) is -3.38. The van der Waals surface area contributed by atoms with Crippen LogP contribution < -0.4 is 0 Å². The van der Waals surface area contributed by atoms with Crippen molar-refractivity contribution in [3.63, 3.8) is 0 Å². The van der Waals surface area contributed by atoms with Crippen LogP contribution >= 0.6 is 0 Å². The molecule has 0 heterocycles. The smallest absolute Gasteiger partial charge is 0.243 e. The van der Waals surface area contributed by atoms with Gasteiger partial charge in [-0.3, -0.25) is 0 Å². The van der Waals surface area contributed by atoms with Crippen LogP contribution in [0, 0.1) is 11.8 Å². The Hall–Kier alpha value is -1.35. The van der Waals surface area contributed by atoms with Crippen LogP contribution in [0.4, 0.5) is 0 Å². The molecule has 20 heavy (non-hydrogen) atoms. The first-order valence-electron chi connectivity index (χ1n) is 6.81. The van der Waals surface area contributed by atoms with Crippen LogP contribution in [0.1, 0.15) is 31.7 Å². The number of rotatable bonds is 5. The molecule has 2 rings (SSSR count). The van der Waals surface area contributed by atoms with Crippen molar-refractivity contribution in [1.29, 1.82) is 0 Å². The lowest BCUT2D eigenvalue weighted by Crippen LogP contribution is -2.32. The Bertz CT molecular complexity index is 607. The van der Waals surface area contributed by atoms with Gasteiger partial charge in [0.2, 0.25) is 10.0 Å². The number of benzene rings is 1. The molecule has 0 unspecified atom stereocenters. The predicted molar refractivity (Wildman–Crippen MR) is 77.6 cm³/mol. The van der Waals surface area contributed by atoms with E-state index in [0.29, 0.717) is 17.9 Å².